The summed E-state index contributed by atoms with van der Waals surface area (Å²) in [6.07, 6.45) is 0. The largest absolute Gasteiger partial charge is 0.456 e. The Balaban J connectivity index is 2.84. The van der Waals surface area contributed by atoms with Crippen molar-refractivity contribution in [3.05, 3.63) is 23.4 Å². The number of hydrogen-bond acceptors (Lipinski definition) is 4. The van der Waals surface area contributed by atoms with Crippen LogP contribution >= 0.6 is 0 Å². The van der Waals surface area contributed by atoms with Crippen molar-refractivity contribution in [3.8, 4) is 11.8 Å². The van der Waals surface area contributed by atoms with Crippen molar-refractivity contribution in [2.24, 2.45) is 0 Å². The summed E-state index contributed by atoms with van der Waals surface area (Å²) < 4.78 is 4.65. The molecule has 1 heterocycles. The Morgan fingerprint density at radius 1 is 1.60 bits per heavy atom. The smallest absolute Gasteiger partial charge is 0.384 e. The maximum atomic E-state index is 10.9. The molecule has 15 heavy (non-hydrogen) atoms. The Labute approximate surface area is 88.5 Å². The summed E-state index contributed by atoms with van der Waals surface area (Å²) in [4.78, 5) is 14.9. The molecule has 1 rings (SSSR count). The molecule has 2 N–H and O–H groups in total. The molecule has 0 amide bonds. The molecule has 0 saturated carbocycles. The average molecular weight is 204 g/mol. The lowest BCUT2D eigenvalue weighted by molar-refractivity contribution is -0.136. The first-order chi connectivity index (χ1) is 7.11. The topological polar surface area (TPSA) is 65.2 Å². The van der Waals surface area contributed by atoms with E-state index in [0.717, 1.165) is 5.56 Å². The number of rotatable bonds is 1. The van der Waals surface area contributed by atoms with Crippen LogP contribution in [0.2, 0.25) is 0 Å². The van der Waals surface area contributed by atoms with Crippen molar-refractivity contribution in [1.29, 1.82) is 0 Å². The second-order valence-electron chi connectivity index (χ2n) is 2.93. The number of anilines is 1. The van der Waals surface area contributed by atoms with Crippen LogP contribution in [0.1, 0.15) is 18.2 Å². The van der Waals surface area contributed by atoms with Crippen LogP contribution in [0.15, 0.2) is 12.1 Å². The van der Waals surface area contributed by atoms with Crippen LogP contribution in [0.4, 0.5) is 5.82 Å². The number of aromatic nitrogens is 1. The quantitative estimate of drug-likeness (QED) is 0.545. The molecule has 0 saturated heterocycles. The Morgan fingerprint density at radius 2 is 2.33 bits per heavy atom. The van der Waals surface area contributed by atoms with Gasteiger partial charge < -0.3 is 10.5 Å². The molecule has 78 valence electrons. The summed E-state index contributed by atoms with van der Waals surface area (Å²) in [6.45, 7) is 3.92. The van der Waals surface area contributed by atoms with E-state index in [4.69, 9.17) is 5.73 Å². The Kier molecular flexibility index (Phi) is 3.69. The molecule has 0 unspecified atom stereocenters. The second-order valence-corrected chi connectivity index (χ2v) is 2.93. The molecule has 0 spiro atoms. The van der Waals surface area contributed by atoms with Gasteiger partial charge in [0.15, 0.2) is 0 Å². The highest BCUT2D eigenvalue weighted by atomic mass is 16.5. The number of aryl methyl sites for hydroxylation is 1. The van der Waals surface area contributed by atoms with Crippen molar-refractivity contribution in [2.75, 3.05) is 12.3 Å². The van der Waals surface area contributed by atoms with E-state index in [9.17, 15) is 4.79 Å². The van der Waals surface area contributed by atoms with Crippen molar-refractivity contribution in [2.45, 2.75) is 13.8 Å². The normalized spacial score (nSPS) is 8.93. The Bertz CT molecular complexity index is 410. The highest BCUT2D eigenvalue weighted by Gasteiger charge is 1.96. The lowest BCUT2D eigenvalue weighted by Crippen LogP contribution is -2.00. The van der Waals surface area contributed by atoms with E-state index in [0.29, 0.717) is 18.1 Å². The molecule has 0 aliphatic carbocycles. The number of nitrogen functional groups attached to an aromatic ring is 1. The number of nitrogens with two attached hydrogens (primary N) is 1. The number of nitrogens with zero attached hydrogens (tertiary/aromatic N) is 1. The fourth-order valence-electron chi connectivity index (χ4n) is 1.04. The van der Waals surface area contributed by atoms with E-state index in [1.165, 1.54) is 0 Å². The molecule has 0 aliphatic heterocycles. The first-order valence-electron chi connectivity index (χ1n) is 4.54. The van der Waals surface area contributed by atoms with Gasteiger partial charge in [-0.3, -0.25) is 0 Å². The molecule has 0 atom stereocenters. The minimum Gasteiger partial charge on any atom is -0.456 e. The van der Waals surface area contributed by atoms with Gasteiger partial charge in [0.2, 0.25) is 0 Å². The standard InChI is InChI=1S/C11H12N2O2/c1-3-15-11(14)5-4-9-6-8(2)7-10(12)13-9/h6-7H,3H2,1-2H3,(H2,12,13). The van der Waals surface area contributed by atoms with Crippen LogP contribution in [0.25, 0.3) is 0 Å². The van der Waals surface area contributed by atoms with E-state index in [-0.39, 0.29) is 0 Å². The van der Waals surface area contributed by atoms with Crippen LogP contribution in [0.5, 0.6) is 0 Å². The third-order valence-electron chi connectivity index (χ3n) is 1.56. The van der Waals surface area contributed by atoms with Gasteiger partial charge in [-0.2, -0.15) is 0 Å². The minimum atomic E-state index is -0.556. The SMILES string of the molecule is CCOC(=O)C#Cc1cc(C)cc(N)n1. The number of esters is 1. The molecule has 0 bridgehead atoms. The van der Waals surface area contributed by atoms with Gasteiger partial charge in [-0.05, 0) is 37.5 Å². The van der Waals surface area contributed by atoms with E-state index in [1.807, 2.05) is 6.92 Å². The number of carbonyl (C=O) groups is 1. The molecule has 0 radical (unpaired) electrons. The van der Waals surface area contributed by atoms with Gasteiger partial charge in [0.1, 0.15) is 11.5 Å². The predicted molar refractivity (Wildman–Crippen MR) is 56.9 cm³/mol. The Morgan fingerprint density at radius 3 is 2.93 bits per heavy atom. The second kappa shape index (κ2) is 5.01. The zero-order chi connectivity index (χ0) is 11.3. The summed E-state index contributed by atoms with van der Waals surface area (Å²) >= 11 is 0. The van der Waals surface area contributed by atoms with Gasteiger partial charge in [-0.25, -0.2) is 9.78 Å². The number of hydrogen-bond donors (Lipinski definition) is 1. The van der Waals surface area contributed by atoms with E-state index >= 15 is 0 Å². The van der Waals surface area contributed by atoms with Crippen LogP contribution in [-0.4, -0.2) is 17.6 Å². The summed E-state index contributed by atoms with van der Waals surface area (Å²) in [7, 11) is 0. The highest BCUT2D eigenvalue weighted by molar-refractivity contribution is 5.89. The summed E-state index contributed by atoms with van der Waals surface area (Å²) in [5.74, 6) is 4.76. The number of carbonyl (C=O) groups excluding carboxylic acids is 1. The lowest BCUT2D eigenvalue weighted by atomic mass is 10.2. The van der Waals surface area contributed by atoms with Crippen molar-refractivity contribution >= 4 is 11.8 Å². The third kappa shape index (κ3) is 3.69. The predicted octanol–water partition coefficient (Wildman–Crippen LogP) is 0.887. The van der Waals surface area contributed by atoms with Crippen LogP contribution in [0.3, 0.4) is 0 Å². The van der Waals surface area contributed by atoms with Gasteiger partial charge in [-0.1, -0.05) is 0 Å². The van der Waals surface area contributed by atoms with E-state index in [1.54, 1.807) is 19.1 Å². The van der Waals surface area contributed by atoms with Crippen molar-refractivity contribution in [3.63, 3.8) is 0 Å². The van der Waals surface area contributed by atoms with Crippen molar-refractivity contribution < 1.29 is 9.53 Å². The zero-order valence-electron chi connectivity index (χ0n) is 8.70. The van der Waals surface area contributed by atoms with Crippen LogP contribution in [-0.2, 0) is 9.53 Å². The van der Waals surface area contributed by atoms with Gasteiger partial charge in [0, 0.05) is 5.92 Å². The average Bonchev–Trinajstić information content (AvgIpc) is 2.14. The molecule has 1 aromatic heterocycles. The summed E-state index contributed by atoms with van der Waals surface area (Å²) in [5, 5.41) is 0. The molecule has 0 aromatic carbocycles. The molecule has 0 aliphatic rings. The molecule has 4 heteroatoms. The lowest BCUT2D eigenvalue weighted by Gasteiger charge is -1.96. The molecular formula is C11H12N2O2. The summed E-state index contributed by atoms with van der Waals surface area (Å²) in [6, 6.07) is 3.48. The molecular weight excluding hydrogens is 192 g/mol. The summed E-state index contributed by atoms with van der Waals surface area (Å²) in [5.41, 5.74) is 6.96. The zero-order valence-corrected chi connectivity index (χ0v) is 8.70. The number of pyridine rings is 1. The fraction of sp³-hybridized carbons (Fsp3) is 0.273. The minimum absolute atomic E-state index is 0.316. The fourth-order valence-corrected chi connectivity index (χ4v) is 1.04. The first kappa shape index (κ1) is 11.1. The molecule has 4 nitrogen and oxygen atoms in total. The monoisotopic (exact) mass is 204 g/mol. The highest BCUT2D eigenvalue weighted by Crippen LogP contribution is 2.04. The molecule has 0 fully saturated rings. The van der Waals surface area contributed by atoms with E-state index in [2.05, 4.69) is 21.6 Å². The number of ether oxygens (including phenoxy) is 1. The maximum Gasteiger partial charge on any atom is 0.384 e. The van der Waals surface area contributed by atoms with Crippen LogP contribution in [0, 0.1) is 18.8 Å². The van der Waals surface area contributed by atoms with Gasteiger partial charge in [0.05, 0.1) is 6.61 Å². The van der Waals surface area contributed by atoms with Crippen molar-refractivity contribution in [1.82, 2.24) is 4.98 Å². The third-order valence-corrected chi connectivity index (χ3v) is 1.56. The van der Waals surface area contributed by atoms with Crippen LogP contribution < -0.4 is 5.73 Å². The Hall–Kier alpha value is -2.02. The molecule has 1 aromatic rings. The van der Waals surface area contributed by atoms with Gasteiger partial charge >= 0.3 is 5.97 Å². The van der Waals surface area contributed by atoms with Gasteiger partial charge in [-0.15, -0.1) is 0 Å². The van der Waals surface area contributed by atoms with Gasteiger partial charge in [0.25, 0.3) is 0 Å². The van der Waals surface area contributed by atoms with E-state index < -0.39 is 5.97 Å². The first-order valence-corrected chi connectivity index (χ1v) is 4.54. The maximum absolute atomic E-state index is 10.9.